The van der Waals surface area contributed by atoms with Gasteiger partial charge in [-0.1, -0.05) is 0 Å². The molecule has 6 nitrogen and oxygen atoms in total. The molecule has 0 amide bonds. The lowest BCUT2D eigenvalue weighted by Gasteiger charge is -1.87. The van der Waals surface area contributed by atoms with Crippen LogP contribution < -0.4 is 0 Å². The van der Waals surface area contributed by atoms with E-state index in [-0.39, 0.29) is 6.61 Å². The molecule has 0 unspecified atom stereocenters. The largest absolute Gasteiger partial charge is 0.458 e. The fourth-order valence-corrected chi connectivity index (χ4v) is 0.927. The Bertz CT molecular complexity index is 418. The summed E-state index contributed by atoms with van der Waals surface area (Å²) in [4.78, 5) is 0. The van der Waals surface area contributed by atoms with Crippen LogP contribution in [0.15, 0.2) is 34.3 Å². The highest BCUT2D eigenvalue weighted by Crippen LogP contribution is 2.04. The second-order valence-electron chi connectivity index (χ2n) is 2.55. The number of aliphatic hydroxyl groups is 1. The fourth-order valence-electron chi connectivity index (χ4n) is 0.927. The first-order chi connectivity index (χ1) is 6.88. The molecule has 0 fully saturated rings. The number of furan rings is 1. The van der Waals surface area contributed by atoms with E-state index in [2.05, 4.69) is 15.3 Å². The molecular formula is C8H8N4O2. The van der Waals surface area contributed by atoms with Crippen LogP contribution >= 0.6 is 0 Å². The summed E-state index contributed by atoms with van der Waals surface area (Å²) >= 11 is 0. The van der Waals surface area contributed by atoms with Crippen molar-refractivity contribution in [1.82, 2.24) is 14.9 Å². The third-order valence-corrected chi connectivity index (χ3v) is 1.56. The zero-order valence-electron chi connectivity index (χ0n) is 7.24. The van der Waals surface area contributed by atoms with Crippen LogP contribution in [0.1, 0.15) is 11.5 Å². The topological polar surface area (TPSA) is 76.4 Å². The van der Waals surface area contributed by atoms with Gasteiger partial charge in [-0.15, -0.1) is 10.2 Å². The summed E-state index contributed by atoms with van der Waals surface area (Å²) in [5.74, 6) is 1.08. The van der Waals surface area contributed by atoms with Crippen molar-refractivity contribution >= 4 is 6.21 Å². The SMILES string of the molecule is OCc1ccc(/C=N/n2cnnc2)o1. The summed E-state index contributed by atoms with van der Waals surface area (Å²) < 4.78 is 6.62. The lowest BCUT2D eigenvalue weighted by Crippen LogP contribution is -1.85. The molecule has 0 bridgehead atoms. The predicted molar refractivity (Wildman–Crippen MR) is 47.6 cm³/mol. The Balaban J connectivity index is 2.10. The Morgan fingerprint density at radius 2 is 2.21 bits per heavy atom. The van der Waals surface area contributed by atoms with Crippen molar-refractivity contribution in [3.05, 3.63) is 36.3 Å². The molecule has 0 aliphatic carbocycles. The van der Waals surface area contributed by atoms with Gasteiger partial charge >= 0.3 is 0 Å². The van der Waals surface area contributed by atoms with Gasteiger partial charge in [0.05, 0.1) is 6.21 Å². The Labute approximate surface area is 79.5 Å². The van der Waals surface area contributed by atoms with Crippen molar-refractivity contribution in [1.29, 1.82) is 0 Å². The maximum atomic E-state index is 8.74. The molecule has 0 aliphatic heterocycles. The first-order valence-electron chi connectivity index (χ1n) is 3.97. The van der Waals surface area contributed by atoms with Gasteiger partial charge in [0.15, 0.2) is 0 Å². The van der Waals surface area contributed by atoms with Crippen LogP contribution in [0.4, 0.5) is 0 Å². The summed E-state index contributed by atoms with van der Waals surface area (Å²) in [6.07, 6.45) is 4.45. The van der Waals surface area contributed by atoms with Gasteiger partial charge in [0.2, 0.25) is 0 Å². The van der Waals surface area contributed by atoms with Crippen LogP contribution in [0.5, 0.6) is 0 Å². The lowest BCUT2D eigenvalue weighted by atomic mass is 10.4. The van der Waals surface area contributed by atoms with E-state index < -0.39 is 0 Å². The third-order valence-electron chi connectivity index (χ3n) is 1.56. The quantitative estimate of drug-likeness (QED) is 0.707. The van der Waals surface area contributed by atoms with Crippen LogP contribution in [0.2, 0.25) is 0 Å². The van der Waals surface area contributed by atoms with Crippen molar-refractivity contribution < 1.29 is 9.52 Å². The third kappa shape index (κ3) is 1.86. The minimum Gasteiger partial charge on any atom is -0.458 e. The smallest absolute Gasteiger partial charge is 0.147 e. The molecule has 2 heterocycles. The van der Waals surface area contributed by atoms with E-state index in [1.165, 1.54) is 23.5 Å². The fraction of sp³-hybridized carbons (Fsp3) is 0.125. The first kappa shape index (κ1) is 8.64. The normalized spacial score (nSPS) is 11.2. The van der Waals surface area contributed by atoms with E-state index in [0.29, 0.717) is 11.5 Å². The second-order valence-corrected chi connectivity index (χ2v) is 2.55. The minimum absolute atomic E-state index is 0.111. The Kier molecular flexibility index (Phi) is 2.37. The van der Waals surface area contributed by atoms with Crippen molar-refractivity contribution in [3.8, 4) is 0 Å². The zero-order valence-corrected chi connectivity index (χ0v) is 7.24. The number of aromatic nitrogens is 3. The van der Waals surface area contributed by atoms with Crippen LogP contribution in [0.25, 0.3) is 0 Å². The van der Waals surface area contributed by atoms with Crippen molar-refractivity contribution in [2.24, 2.45) is 5.10 Å². The zero-order chi connectivity index (χ0) is 9.80. The summed E-state index contributed by atoms with van der Waals surface area (Å²) in [5.41, 5.74) is 0. The monoisotopic (exact) mass is 192 g/mol. The maximum absolute atomic E-state index is 8.74. The summed E-state index contributed by atoms with van der Waals surface area (Å²) in [6.45, 7) is -0.111. The molecule has 0 saturated carbocycles. The molecule has 2 rings (SSSR count). The van der Waals surface area contributed by atoms with Gasteiger partial charge in [0, 0.05) is 0 Å². The van der Waals surface area contributed by atoms with E-state index >= 15 is 0 Å². The number of hydrogen-bond donors (Lipinski definition) is 1. The van der Waals surface area contributed by atoms with Gasteiger partial charge in [-0.25, -0.2) is 4.68 Å². The van der Waals surface area contributed by atoms with Gasteiger partial charge in [-0.3, -0.25) is 0 Å². The highest BCUT2D eigenvalue weighted by atomic mass is 16.4. The number of nitrogens with zero attached hydrogens (tertiary/aromatic N) is 4. The van der Waals surface area contributed by atoms with E-state index in [4.69, 9.17) is 9.52 Å². The van der Waals surface area contributed by atoms with Gasteiger partial charge in [0.25, 0.3) is 0 Å². The highest BCUT2D eigenvalue weighted by molar-refractivity contribution is 5.75. The van der Waals surface area contributed by atoms with Crippen LogP contribution in [0, 0.1) is 0 Å². The maximum Gasteiger partial charge on any atom is 0.147 e. The standard InChI is InChI=1S/C8H8N4O2/c13-4-8-2-1-7(14-8)3-11-12-5-9-10-6-12/h1-3,5-6,13H,4H2/b11-3+. The molecule has 2 aromatic heterocycles. The van der Waals surface area contributed by atoms with Gasteiger partial charge in [-0.05, 0) is 12.1 Å². The molecule has 0 aromatic carbocycles. The van der Waals surface area contributed by atoms with E-state index in [0.717, 1.165) is 0 Å². The summed E-state index contributed by atoms with van der Waals surface area (Å²) in [6, 6.07) is 3.41. The van der Waals surface area contributed by atoms with Crippen LogP contribution in [-0.4, -0.2) is 26.2 Å². The first-order valence-corrected chi connectivity index (χ1v) is 3.97. The van der Waals surface area contributed by atoms with Crippen molar-refractivity contribution in [2.75, 3.05) is 0 Å². The molecule has 14 heavy (non-hydrogen) atoms. The molecule has 0 radical (unpaired) electrons. The predicted octanol–water partition coefficient (Wildman–Crippen LogP) is 0.246. The highest BCUT2D eigenvalue weighted by Gasteiger charge is 1.96. The van der Waals surface area contributed by atoms with Gasteiger partial charge in [0.1, 0.15) is 30.8 Å². The summed E-state index contributed by atoms with van der Waals surface area (Å²) in [5, 5.41) is 19.9. The Hall–Kier alpha value is -1.95. The minimum atomic E-state index is -0.111. The average Bonchev–Trinajstić information content (AvgIpc) is 2.86. The number of hydrogen-bond acceptors (Lipinski definition) is 5. The van der Waals surface area contributed by atoms with Crippen molar-refractivity contribution in [2.45, 2.75) is 6.61 Å². The Morgan fingerprint density at radius 1 is 1.43 bits per heavy atom. The molecule has 0 saturated heterocycles. The van der Waals surface area contributed by atoms with Gasteiger partial charge in [-0.2, -0.15) is 5.10 Å². The van der Waals surface area contributed by atoms with Crippen LogP contribution in [-0.2, 0) is 6.61 Å². The van der Waals surface area contributed by atoms with Crippen molar-refractivity contribution in [3.63, 3.8) is 0 Å². The molecular weight excluding hydrogens is 184 g/mol. The molecule has 0 spiro atoms. The lowest BCUT2D eigenvalue weighted by molar-refractivity contribution is 0.247. The molecule has 72 valence electrons. The number of rotatable bonds is 3. The molecule has 2 aromatic rings. The molecule has 0 atom stereocenters. The summed E-state index contributed by atoms with van der Waals surface area (Å²) in [7, 11) is 0. The molecule has 6 heteroatoms. The van der Waals surface area contributed by atoms with E-state index in [9.17, 15) is 0 Å². The molecule has 1 N–H and O–H groups in total. The van der Waals surface area contributed by atoms with Crippen LogP contribution in [0.3, 0.4) is 0 Å². The van der Waals surface area contributed by atoms with E-state index in [1.807, 2.05) is 0 Å². The second kappa shape index (κ2) is 3.84. The Morgan fingerprint density at radius 3 is 2.86 bits per heavy atom. The number of aliphatic hydroxyl groups excluding tert-OH is 1. The molecule has 0 aliphatic rings. The van der Waals surface area contributed by atoms with E-state index in [1.54, 1.807) is 12.1 Å². The average molecular weight is 192 g/mol. The van der Waals surface area contributed by atoms with Gasteiger partial charge < -0.3 is 9.52 Å².